The molecule has 0 spiro atoms. The molecule has 0 unspecified atom stereocenters. The summed E-state index contributed by atoms with van der Waals surface area (Å²) in [6.07, 6.45) is 6.25. The number of rotatable bonds is 6. The lowest BCUT2D eigenvalue weighted by Gasteiger charge is -2.22. The number of hydrogen-bond donors (Lipinski definition) is 0. The fourth-order valence-electron chi connectivity index (χ4n) is 1.70. The predicted octanol–water partition coefficient (Wildman–Crippen LogP) is 3.63. The summed E-state index contributed by atoms with van der Waals surface area (Å²) in [5.74, 6) is 2.55. The van der Waals surface area contributed by atoms with Crippen molar-refractivity contribution in [3.05, 3.63) is 23.7 Å². The molecule has 1 rings (SSSR count). The Hall–Kier alpha value is -0.440. The lowest BCUT2D eigenvalue weighted by Crippen LogP contribution is -2.11. The molecular weight excluding hydrogens is 256 g/mol. The van der Waals surface area contributed by atoms with E-state index < -0.39 is 0 Å². The first-order valence-corrected chi connectivity index (χ1v) is 6.66. The summed E-state index contributed by atoms with van der Waals surface area (Å²) in [4.78, 5) is 0. The second kappa shape index (κ2) is 6.94. The molecule has 0 amide bonds. The minimum absolute atomic E-state index is 0.375. The Morgan fingerprint density at radius 2 is 2.07 bits per heavy atom. The van der Waals surface area contributed by atoms with Crippen LogP contribution in [0, 0.1) is 5.92 Å². The summed E-state index contributed by atoms with van der Waals surface area (Å²) in [6.45, 7) is 5.52. The van der Waals surface area contributed by atoms with Crippen LogP contribution in [0.2, 0.25) is 0 Å². The summed E-state index contributed by atoms with van der Waals surface area (Å²) >= 11 is 3.47. The molecule has 1 aliphatic carbocycles. The Morgan fingerprint density at radius 3 is 2.67 bits per heavy atom. The molecule has 86 valence electrons. The van der Waals surface area contributed by atoms with Crippen molar-refractivity contribution in [3.63, 3.8) is 0 Å². The summed E-state index contributed by atoms with van der Waals surface area (Å²) < 4.78 is 11.1. The first-order valence-electron chi connectivity index (χ1n) is 5.54. The molecule has 15 heavy (non-hydrogen) atoms. The van der Waals surface area contributed by atoms with E-state index in [2.05, 4.69) is 28.1 Å². The van der Waals surface area contributed by atoms with Crippen molar-refractivity contribution in [2.75, 3.05) is 18.5 Å². The van der Waals surface area contributed by atoms with E-state index >= 15 is 0 Å². The third kappa shape index (κ3) is 3.90. The molecule has 0 aromatic heterocycles. The average Bonchev–Trinajstić information content (AvgIpc) is 2.23. The maximum atomic E-state index is 5.61. The lowest BCUT2D eigenvalue weighted by atomic mass is 9.97. The highest BCUT2D eigenvalue weighted by Gasteiger charge is 2.18. The summed E-state index contributed by atoms with van der Waals surface area (Å²) in [5, 5.41) is 0.984. The van der Waals surface area contributed by atoms with Crippen molar-refractivity contribution in [2.45, 2.75) is 26.7 Å². The van der Waals surface area contributed by atoms with Crippen LogP contribution in [-0.4, -0.2) is 18.5 Å². The van der Waals surface area contributed by atoms with Crippen molar-refractivity contribution < 1.29 is 9.47 Å². The molecule has 0 saturated carbocycles. The molecule has 0 saturated heterocycles. The van der Waals surface area contributed by atoms with E-state index in [9.17, 15) is 0 Å². The zero-order valence-electron chi connectivity index (χ0n) is 9.46. The fourth-order valence-corrected chi connectivity index (χ4v) is 2.19. The Labute approximate surface area is 100 Å². The molecule has 0 aromatic rings. The van der Waals surface area contributed by atoms with E-state index in [1.165, 1.54) is 0 Å². The zero-order chi connectivity index (χ0) is 11.1. The summed E-state index contributed by atoms with van der Waals surface area (Å²) in [5.41, 5.74) is 0. The Bertz CT molecular complexity index is 246. The van der Waals surface area contributed by atoms with Crippen LogP contribution in [-0.2, 0) is 9.47 Å². The molecule has 0 fully saturated rings. The molecule has 2 nitrogen and oxygen atoms in total. The smallest absolute Gasteiger partial charge is 0.0994 e. The van der Waals surface area contributed by atoms with Crippen molar-refractivity contribution in [1.82, 2.24) is 0 Å². The van der Waals surface area contributed by atoms with Gasteiger partial charge in [-0.25, -0.2) is 0 Å². The first kappa shape index (κ1) is 12.6. The van der Waals surface area contributed by atoms with Crippen LogP contribution in [0.4, 0.5) is 0 Å². The van der Waals surface area contributed by atoms with Gasteiger partial charge in [-0.2, -0.15) is 0 Å². The van der Waals surface area contributed by atoms with Gasteiger partial charge in [-0.1, -0.05) is 15.9 Å². The van der Waals surface area contributed by atoms with Crippen LogP contribution in [0.3, 0.4) is 0 Å². The van der Waals surface area contributed by atoms with Crippen molar-refractivity contribution >= 4 is 15.9 Å². The fraction of sp³-hybridized carbons (Fsp3) is 0.667. The number of allylic oxidation sites excluding steroid dienone is 2. The van der Waals surface area contributed by atoms with E-state index in [4.69, 9.17) is 9.47 Å². The molecular formula is C12H19BrO2. The van der Waals surface area contributed by atoms with Crippen molar-refractivity contribution in [2.24, 2.45) is 5.92 Å². The van der Waals surface area contributed by atoms with Gasteiger partial charge < -0.3 is 9.47 Å². The topological polar surface area (TPSA) is 18.5 Å². The third-order valence-corrected chi connectivity index (χ3v) is 2.78. The molecule has 3 heteroatoms. The van der Waals surface area contributed by atoms with Gasteiger partial charge in [-0.15, -0.1) is 0 Å². The second-order valence-corrected chi connectivity index (χ2v) is 4.19. The van der Waals surface area contributed by atoms with Crippen LogP contribution in [0.5, 0.6) is 0 Å². The highest BCUT2D eigenvalue weighted by molar-refractivity contribution is 9.09. The minimum Gasteiger partial charge on any atom is -0.498 e. The van der Waals surface area contributed by atoms with Crippen LogP contribution in [0.1, 0.15) is 26.7 Å². The maximum absolute atomic E-state index is 5.61. The number of hydrogen-bond acceptors (Lipinski definition) is 2. The van der Waals surface area contributed by atoms with Crippen molar-refractivity contribution in [3.8, 4) is 0 Å². The van der Waals surface area contributed by atoms with Crippen LogP contribution in [0.15, 0.2) is 23.7 Å². The molecule has 0 aromatic carbocycles. The standard InChI is InChI=1S/C12H19BrO2/c1-3-14-11-5-6-12(15-4-2)10(9-11)7-8-13/h6,9-10H,3-5,7-8H2,1-2H3/t10-/m1/s1. The Balaban J connectivity index is 2.61. The maximum Gasteiger partial charge on any atom is 0.0994 e. The molecule has 1 atom stereocenters. The number of alkyl halides is 1. The van der Waals surface area contributed by atoms with Crippen LogP contribution in [0.25, 0.3) is 0 Å². The molecule has 0 bridgehead atoms. The predicted molar refractivity (Wildman–Crippen MR) is 65.9 cm³/mol. The van der Waals surface area contributed by atoms with Gasteiger partial charge >= 0.3 is 0 Å². The highest BCUT2D eigenvalue weighted by atomic mass is 79.9. The van der Waals surface area contributed by atoms with Gasteiger partial charge in [0, 0.05) is 17.7 Å². The largest absolute Gasteiger partial charge is 0.498 e. The Kier molecular flexibility index (Phi) is 5.84. The van der Waals surface area contributed by atoms with E-state index in [1.54, 1.807) is 0 Å². The van der Waals surface area contributed by atoms with Gasteiger partial charge in [0.05, 0.1) is 24.7 Å². The van der Waals surface area contributed by atoms with Gasteiger partial charge in [-0.3, -0.25) is 0 Å². The van der Waals surface area contributed by atoms with E-state index in [-0.39, 0.29) is 0 Å². The van der Waals surface area contributed by atoms with E-state index in [1.807, 2.05) is 13.8 Å². The first-order chi connectivity index (χ1) is 7.31. The lowest BCUT2D eigenvalue weighted by molar-refractivity contribution is 0.181. The molecule has 0 aliphatic heterocycles. The van der Waals surface area contributed by atoms with Crippen molar-refractivity contribution in [1.29, 1.82) is 0 Å². The normalized spacial score (nSPS) is 20.6. The average molecular weight is 275 g/mol. The quantitative estimate of drug-likeness (QED) is 0.689. The second-order valence-electron chi connectivity index (χ2n) is 3.39. The van der Waals surface area contributed by atoms with Gasteiger partial charge in [0.2, 0.25) is 0 Å². The van der Waals surface area contributed by atoms with E-state index in [0.29, 0.717) is 5.92 Å². The van der Waals surface area contributed by atoms with Gasteiger partial charge in [0.15, 0.2) is 0 Å². The summed E-state index contributed by atoms with van der Waals surface area (Å²) in [7, 11) is 0. The molecule has 0 N–H and O–H groups in total. The molecule has 0 heterocycles. The highest BCUT2D eigenvalue weighted by Crippen LogP contribution is 2.27. The monoisotopic (exact) mass is 274 g/mol. The third-order valence-electron chi connectivity index (χ3n) is 2.32. The van der Waals surface area contributed by atoms with Crippen LogP contribution < -0.4 is 0 Å². The Morgan fingerprint density at radius 1 is 1.33 bits per heavy atom. The zero-order valence-corrected chi connectivity index (χ0v) is 11.0. The molecule has 1 aliphatic rings. The summed E-state index contributed by atoms with van der Waals surface area (Å²) in [6, 6.07) is 0. The van der Waals surface area contributed by atoms with Gasteiger partial charge in [0.25, 0.3) is 0 Å². The van der Waals surface area contributed by atoms with Gasteiger partial charge in [0.1, 0.15) is 0 Å². The van der Waals surface area contributed by atoms with Crippen LogP contribution >= 0.6 is 15.9 Å². The number of ether oxygens (including phenoxy) is 2. The minimum atomic E-state index is 0.375. The van der Waals surface area contributed by atoms with Gasteiger partial charge in [-0.05, 0) is 32.4 Å². The molecule has 0 radical (unpaired) electrons. The SMILES string of the molecule is CCOC1=C[C@@H](CCBr)C(OCC)=CC1. The number of halogens is 1. The van der Waals surface area contributed by atoms with E-state index in [0.717, 1.165) is 42.9 Å².